The molecule has 7 nitrogen and oxygen atoms in total. The Balaban J connectivity index is 3.01. The molecule has 0 saturated heterocycles. The van der Waals surface area contributed by atoms with Gasteiger partial charge in [0.25, 0.3) is 0 Å². The molecule has 0 fully saturated rings. The molecule has 0 aliphatic carbocycles. The monoisotopic (exact) mass is 406 g/mol. The highest BCUT2D eigenvalue weighted by Gasteiger charge is 2.23. The minimum absolute atomic E-state index is 0.162. The van der Waals surface area contributed by atoms with Crippen LogP contribution in [-0.4, -0.2) is 39.9 Å². The van der Waals surface area contributed by atoms with Gasteiger partial charge >= 0.3 is 11.9 Å². The summed E-state index contributed by atoms with van der Waals surface area (Å²) in [5.74, 6) is 0.368. The third-order valence-corrected chi connectivity index (χ3v) is 4.40. The highest BCUT2D eigenvalue weighted by molar-refractivity contribution is 5.91. The fraction of sp³-hybridized carbons (Fsp3) is 0.455. The molecule has 0 aliphatic heterocycles. The lowest BCUT2D eigenvalue weighted by molar-refractivity contribution is -0.146. The first-order chi connectivity index (χ1) is 13.9. The fourth-order valence-corrected chi connectivity index (χ4v) is 2.51. The number of hydrogen-bond donors (Lipinski definition) is 0. The minimum Gasteiger partial charge on any atom is -0.493 e. The van der Waals surface area contributed by atoms with E-state index in [0.717, 1.165) is 0 Å². The van der Waals surface area contributed by atoms with Crippen molar-refractivity contribution in [3.8, 4) is 17.2 Å². The van der Waals surface area contributed by atoms with E-state index in [1.165, 1.54) is 21.3 Å². The number of rotatable bonds is 10. The van der Waals surface area contributed by atoms with E-state index in [2.05, 4.69) is 0 Å². The molecule has 0 unspecified atom stereocenters. The number of ether oxygens (including phenoxy) is 5. The molecule has 0 N–H and O–H groups in total. The molecule has 0 spiro atoms. The average molecular weight is 406 g/mol. The topological polar surface area (TPSA) is 80.3 Å². The number of carbonyl (C=O) groups is 2. The largest absolute Gasteiger partial charge is 0.493 e. The molecule has 0 heterocycles. The Bertz CT molecular complexity index is 752. The molecule has 0 aromatic heterocycles. The van der Waals surface area contributed by atoms with E-state index in [1.54, 1.807) is 45.1 Å². The lowest BCUT2D eigenvalue weighted by Gasteiger charge is -2.20. The second-order valence-corrected chi connectivity index (χ2v) is 6.12. The van der Waals surface area contributed by atoms with Crippen molar-refractivity contribution in [2.75, 3.05) is 27.9 Å². The predicted octanol–water partition coefficient (Wildman–Crippen LogP) is 4.16. The Labute approximate surface area is 172 Å². The molecule has 1 aromatic carbocycles. The van der Waals surface area contributed by atoms with Gasteiger partial charge in [-0.2, -0.15) is 0 Å². The molecule has 0 radical (unpaired) electrons. The van der Waals surface area contributed by atoms with Crippen molar-refractivity contribution in [2.45, 2.75) is 40.2 Å². The van der Waals surface area contributed by atoms with Gasteiger partial charge < -0.3 is 23.7 Å². The highest BCUT2D eigenvalue weighted by atomic mass is 16.6. The lowest BCUT2D eigenvalue weighted by atomic mass is 10.1. The van der Waals surface area contributed by atoms with Crippen LogP contribution >= 0.6 is 0 Å². The maximum atomic E-state index is 12.6. The Morgan fingerprint density at radius 3 is 1.97 bits per heavy atom. The molecule has 0 amide bonds. The van der Waals surface area contributed by atoms with Gasteiger partial charge in [-0.25, -0.2) is 9.59 Å². The molecule has 7 heteroatoms. The van der Waals surface area contributed by atoms with Crippen LogP contribution in [0.4, 0.5) is 0 Å². The zero-order chi connectivity index (χ0) is 22.0. The van der Waals surface area contributed by atoms with E-state index >= 15 is 0 Å². The molecule has 1 aromatic rings. The molecular weight excluding hydrogens is 376 g/mol. The van der Waals surface area contributed by atoms with E-state index in [-0.39, 0.29) is 12.2 Å². The molecule has 29 heavy (non-hydrogen) atoms. The van der Waals surface area contributed by atoms with Gasteiger partial charge in [-0.05, 0) is 39.3 Å². The quantitative estimate of drug-likeness (QED) is 0.426. The summed E-state index contributed by atoms with van der Waals surface area (Å²) < 4.78 is 26.9. The van der Waals surface area contributed by atoms with Crippen LogP contribution in [-0.2, 0) is 19.1 Å². The summed E-state index contributed by atoms with van der Waals surface area (Å²) in [7, 11) is 4.56. The second-order valence-electron chi connectivity index (χ2n) is 6.12. The van der Waals surface area contributed by atoms with E-state index in [1.807, 2.05) is 6.92 Å². The third kappa shape index (κ3) is 6.27. The van der Waals surface area contributed by atoms with Crippen LogP contribution in [0.15, 0.2) is 35.4 Å². The van der Waals surface area contributed by atoms with Crippen molar-refractivity contribution in [3.05, 3.63) is 41.0 Å². The zero-order valence-electron chi connectivity index (χ0n) is 18.2. The summed E-state index contributed by atoms with van der Waals surface area (Å²) in [6.07, 6.45) is 3.20. The molecule has 1 atom stereocenters. The first-order valence-corrected chi connectivity index (χ1v) is 9.32. The summed E-state index contributed by atoms with van der Waals surface area (Å²) in [6.45, 7) is 6.81. The fourth-order valence-electron chi connectivity index (χ4n) is 2.51. The van der Waals surface area contributed by atoms with Crippen LogP contribution in [0.25, 0.3) is 0 Å². The van der Waals surface area contributed by atoms with Crippen molar-refractivity contribution in [3.63, 3.8) is 0 Å². The SMILES string of the molecule is CC=C(C)C(=O)OCC(=CC)C(=O)O[C@@H](CC)c1cc(OC)c(OC)c(OC)c1. The number of esters is 2. The second kappa shape index (κ2) is 11.8. The number of methoxy groups -OCH3 is 3. The van der Waals surface area contributed by atoms with Crippen molar-refractivity contribution in [1.82, 2.24) is 0 Å². The van der Waals surface area contributed by atoms with Gasteiger partial charge in [-0.3, -0.25) is 0 Å². The first-order valence-electron chi connectivity index (χ1n) is 9.32. The Kier molecular flexibility index (Phi) is 9.79. The number of allylic oxidation sites excluding steroid dienone is 2. The number of carbonyl (C=O) groups excluding carboxylic acids is 2. The van der Waals surface area contributed by atoms with Crippen LogP contribution in [0, 0.1) is 0 Å². The van der Waals surface area contributed by atoms with Crippen LogP contribution in [0.5, 0.6) is 17.2 Å². The Hall–Kier alpha value is -2.96. The summed E-state index contributed by atoms with van der Waals surface area (Å²) >= 11 is 0. The van der Waals surface area contributed by atoms with Gasteiger partial charge in [-0.15, -0.1) is 0 Å². The van der Waals surface area contributed by atoms with Crippen LogP contribution in [0.1, 0.15) is 45.8 Å². The maximum absolute atomic E-state index is 12.6. The molecule has 1 rings (SSSR count). The molecule has 0 saturated carbocycles. The van der Waals surface area contributed by atoms with Gasteiger partial charge in [0, 0.05) is 11.1 Å². The highest BCUT2D eigenvalue weighted by Crippen LogP contribution is 2.40. The normalized spacial score (nSPS) is 12.8. The number of benzene rings is 1. The van der Waals surface area contributed by atoms with Crippen LogP contribution in [0.3, 0.4) is 0 Å². The van der Waals surface area contributed by atoms with E-state index in [9.17, 15) is 9.59 Å². The van der Waals surface area contributed by atoms with Crippen molar-refractivity contribution < 1.29 is 33.3 Å². The first kappa shape index (κ1) is 24.1. The summed E-state index contributed by atoms with van der Waals surface area (Å²) in [4.78, 5) is 24.4. The summed E-state index contributed by atoms with van der Waals surface area (Å²) in [6, 6.07) is 3.49. The van der Waals surface area contributed by atoms with Crippen molar-refractivity contribution in [1.29, 1.82) is 0 Å². The molecule has 0 bridgehead atoms. The maximum Gasteiger partial charge on any atom is 0.337 e. The van der Waals surface area contributed by atoms with Crippen LogP contribution in [0.2, 0.25) is 0 Å². The molecule has 160 valence electrons. The van der Waals surface area contributed by atoms with E-state index in [0.29, 0.717) is 34.8 Å². The Morgan fingerprint density at radius 2 is 1.55 bits per heavy atom. The van der Waals surface area contributed by atoms with Gasteiger partial charge in [0.2, 0.25) is 5.75 Å². The lowest BCUT2D eigenvalue weighted by Crippen LogP contribution is -2.18. The van der Waals surface area contributed by atoms with Crippen molar-refractivity contribution in [2.24, 2.45) is 0 Å². The Morgan fingerprint density at radius 1 is 0.966 bits per heavy atom. The third-order valence-electron chi connectivity index (χ3n) is 4.40. The van der Waals surface area contributed by atoms with Gasteiger partial charge in [0.15, 0.2) is 11.5 Å². The van der Waals surface area contributed by atoms with E-state index < -0.39 is 18.0 Å². The van der Waals surface area contributed by atoms with Gasteiger partial charge in [0.1, 0.15) is 12.7 Å². The smallest absolute Gasteiger partial charge is 0.337 e. The summed E-state index contributed by atoms with van der Waals surface area (Å²) in [5, 5.41) is 0. The predicted molar refractivity (Wildman–Crippen MR) is 109 cm³/mol. The summed E-state index contributed by atoms with van der Waals surface area (Å²) in [5.41, 5.74) is 1.43. The zero-order valence-corrected chi connectivity index (χ0v) is 18.2. The van der Waals surface area contributed by atoms with Crippen LogP contribution < -0.4 is 14.2 Å². The molecular formula is C22H30O7. The molecule has 0 aliphatic rings. The number of hydrogen-bond acceptors (Lipinski definition) is 7. The van der Waals surface area contributed by atoms with Gasteiger partial charge in [0.05, 0.1) is 26.9 Å². The average Bonchev–Trinajstić information content (AvgIpc) is 2.75. The van der Waals surface area contributed by atoms with E-state index in [4.69, 9.17) is 23.7 Å². The van der Waals surface area contributed by atoms with Crippen molar-refractivity contribution >= 4 is 11.9 Å². The minimum atomic E-state index is -0.556. The standard InChI is InChI=1S/C22H30O7/c1-8-14(4)21(23)28-13-15(9-2)22(24)29-17(10-3)16-11-18(25-5)20(27-7)19(12-16)26-6/h8-9,11-12,17H,10,13H2,1-7H3/t17-/m0/s1. The van der Waals surface area contributed by atoms with Gasteiger partial charge in [-0.1, -0.05) is 19.1 Å².